The Kier molecular flexibility index (Phi) is 3.91. The minimum Gasteiger partial charge on any atom is -0.384 e. The Morgan fingerprint density at radius 3 is 2.56 bits per heavy atom. The normalized spacial score (nSPS) is 19.1. The summed E-state index contributed by atoms with van der Waals surface area (Å²) >= 11 is 0. The number of aromatic nitrogens is 1. The smallest absolute Gasteiger partial charge is 0.123 e. The summed E-state index contributed by atoms with van der Waals surface area (Å²) in [6.45, 7) is 10.5. The highest BCUT2D eigenvalue weighted by Gasteiger charge is 2.28. The first kappa shape index (κ1) is 13.3. The lowest BCUT2D eigenvalue weighted by atomic mass is 9.75. The fourth-order valence-corrected chi connectivity index (χ4v) is 2.81. The van der Waals surface area contributed by atoms with Gasteiger partial charge in [-0.15, -0.1) is 0 Å². The number of piperidine rings is 1. The largest absolute Gasteiger partial charge is 0.384 e. The maximum absolute atomic E-state index is 5.71. The number of anilines is 1. The summed E-state index contributed by atoms with van der Waals surface area (Å²) in [6.07, 6.45) is 4.42. The van der Waals surface area contributed by atoms with E-state index in [-0.39, 0.29) is 0 Å². The molecule has 2 N–H and O–H groups in total. The lowest BCUT2D eigenvalue weighted by molar-refractivity contribution is 0.108. The quantitative estimate of drug-likeness (QED) is 0.873. The highest BCUT2D eigenvalue weighted by atomic mass is 15.1. The Morgan fingerprint density at radius 2 is 2.00 bits per heavy atom. The van der Waals surface area contributed by atoms with Gasteiger partial charge in [-0.1, -0.05) is 20.8 Å². The lowest BCUT2D eigenvalue weighted by Gasteiger charge is -2.38. The molecule has 0 aromatic carbocycles. The lowest BCUT2D eigenvalue weighted by Crippen LogP contribution is -2.37. The molecular weight excluding hydrogens is 222 g/mol. The number of nitrogen functional groups attached to an aromatic ring is 1. The predicted octanol–water partition coefficient (Wildman–Crippen LogP) is 2.92. The number of likely N-dealkylation sites (tertiary alicyclic amines) is 1. The van der Waals surface area contributed by atoms with E-state index in [1.54, 1.807) is 6.20 Å². The van der Waals surface area contributed by atoms with Gasteiger partial charge in [0.1, 0.15) is 5.82 Å². The van der Waals surface area contributed by atoms with Gasteiger partial charge in [0, 0.05) is 12.7 Å². The van der Waals surface area contributed by atoms with Crippen molar-refractivity contribution in [2.75, 3.05) is 18.8 Å². The Morgan fingerprint density at radius 1 is 1.33 bits per heavy atom. The third-order valence-corrected chi connectivity index (χ3v) is 4.06. The van der Waals surface area contributed by atoms with Crippen molar-refractivity contribution in [2.45, 2.75) is 40.2 Å². The van der Waals surface area contributed by atoms with Gasteiger partial charge in [-0.25, -0.2) is 4.98 Å². The summed E-state index contributed by atoms with van der Waals surface area (Å²) in [7, 11) is 0. The van der Waals surface area contributed by atoms with E-state index in [4.69, 9.17) is 5.73 Å². The maximum atomic E-state index is 5.71. The zero-order chi connectivity index (χ0) is 13.2. The average molecular weight is 247 g/mol. The van der Waals surface area contributed by atoms with Crippen molar-refractivity contribution in [2.24, 2.45) is 11.3 Å². The molecule has 1 aromatic heterocycles. The molecule has 3 heteroatoms. The Hall–Kier alpha value is -1.09. The number of hydrogen-bond donors (Lipinski definition) is 1. The number of nitrogens with two attached hydrogens (primary N) is 1. The topological polar surface area (TPSA) is 42.2 Å². The van der Waals surface area contributed by atoms with Gasteiger partial charge in [0.25, 0.3) is 0 Å². The van der Waals surface area contributed by atoms with Crippen molar-refractivity contribution in [1.82, 2.24) is 9.88 Å². The highest BCUT2D eigenvalue weighted by Crippen LogP contribution is 2.34. The van der Waals surface area contributed by atoms with E-state index in [0.29, 0.717) is 11.2 Å². The van der Waals surface area contributed by atoms with E-state index in [9.17, 15) is 0 Å². The van der Waals surface area contributed by atoms with Crippen LogP contribution in [0.15, 0.2) is 18.3 Å². The molecule has 100 valence electrons. The summed E-state index contributed by atoms with van der Waals surface area (Å²) in [5.74, 6) is 1.48. The van der Waals surface area contributed by atoms with Crippen molar-refractivity contribution < 1.29 is 0 Å². The summed E-state index contributed by atoms with van der Waals surface area (Å²) in [5, 5.41) is 0. The van der Waals surface area contributed by atoms with Crippen molar-refractivity contribution in [3.63, 3.8) is 0 Å². The molecule has 0 spiro atoms. The Balaban J connectivity index is 1.87. The van der Waals surface area contributed by atoms with E-state index in [1.165, 1.54) is 31.5 Å². The Bertz CT molecular complexity index is 387. The van der Waals surface area contributed by atoms with Crippen molar-refractivity contribution in [1.29, 1.82) is 0 Å². The third kappa shape index (κ3) is 3.45. The van der Waals surface area contributed by atoms with Gasteiger partial charge in [0.15, 0.2) is 0 Å². The van der Waals surface area contributed by atoms with Gasteiger partial charge < -0.3 is 5.73 Å². The summed E-state index contributed by atoms with van der Waals surface area (Å²) in [4.78, 5) is 6.56. The fraction of sp³-hybridized carbons (Fsp3) is 0.667. The molecule has 1 fully saturated rings. The summed E-state index contributed by atoms with van der Waals surface area (Å²) < 4.78 is 0. The van der Waals surface area contributed by atoms with Crippen molar-refractivity contribution in [3.8, 4) is 0 Å². The molecule has 0 bridgehead atoms. The number of hydrogen-bond acceptors (Lipinski definition) is 3. The molecular formula is C15H25N3. The molecule has 1 aromatic rings. The SMILES string of the molecule is CC(C)(C)C1CCN(Cc2ccnc(N)c2)CC1. The van der Waals surface area contributed by atoms with E-state index in [0.717, 1.165) is 12.5 Å². The van der Waals surface area contributed by atoms with Crippen molar-refractivity contribution >= 4 is 5.82 Å². The standard InChI is InChI=1S/C15H25N3/c1-15(2,3)13-5-8-18(9-6-13)11-12-4-7-17-14(16)10-12/h4,7,10,13H,5-6,8-9,11H2,1-3H3,(H2,16,17). The highest BCUT2D eigenvalue weighted by molar-refractivity contribution is 5.31. The van der Waals surface area contributed by atoms with Crippen LogP contribution in [-0.2, 0) is 6.54 Å². The zero-order valence-electron chi connectivity index (χ0n) is 11.8. The molecule has 0 saturated carbocycles. The zero-order valence-corrected chi connectivity index (χ0v) is 11.8. The molecule has 0 radical (unpaired) electrons. The molecule has 0 unspecified atom stereocenters. The van der Waals surface area contributed by atoms with Gasteiger partial charge in [-0.2, -0.15) is 0 Å². The molecule has 1 saturated heterocycles. The first-order chi connectivity index (χ1) is 8.45. The number of rotatable bonds is 2. The number of pyridine rings is 1. The van der Waals surface area contributed by atoms with Crippen LogP contribution in [0.1, 0.15) is 39.2 Å². The van der Waals surface area contributed by atoms with Gasteiger partial charge in [0.2, 0.25) is 0 Å². The first-order valence-electron chi connectivity index (χ1n) is 6.88. The van der Waals surface area contributed by atoms with Crippen LogP contribution in [0.3, 0.4) is 0 Å². The van der Waals surface area contributed by atoms with Crippen LogP contribution in [-0.4, -0.2) is 23.0 Å². The number of nitrogens with zero attached hydrogens (tertiary/aromatic N) is 2. The summed E-state index contributed by atoms with van der Waals surface area (Å²) in [5.41, 5.74) is 7.44. The van der Waals surface area contributed by atoms with Gasteiger partial charge in [-0.3, -0.25) is 4.90 Å². The maximum Gasteiger partial charge on any atom is 0.123 e. The second kappa shape index (κ2) is 5.27. The fourth-order valence-electron chi connectivity index (χ4n) is 2.81. The monoisotopic (exact) mass is 247 g/mol. The molecule has 0 amide bonds. The van der Waals surface area contributed by atoms with Gasteiger partial charge >= 0.3 is 0 Å². The van der Waals surface area contributed by atoms with E-state index < -0.39 is 0 Å². The first-order valence-corrected chi connectivity index (χ1v) is 6.88. The van der Waals surface area contributed by atoms with Crippen LogP contribution >= 0.6 is 0 Å². The van der Waals surface area contributed by atoms with Crippen LogP contribution in [0, 0.1) is 11.3 Å². The van der Waals surface area contributed by atoms with E-state index in [2.05, 4.69) is 36.7 Å². The molecule has 2 rings (SSSR count). The molecule has 0 atom stereocenters. The van der Waals surface area contributed by atoms with Crippen LogP contribution in [0.25, 0.3) is 0 Å². The van der Waals surface area contributed by atoms with Gasteiger partial charge in [-0.05, 0) is 55.0 Å². The summed E-state index contributed by atoms with van der Waals surface area (Å²) in [6, 6.07) is 4.04. The third-order valence-electron chi connectivity index (χ3n) is 4.06. The molecule has 0 aliphatic carbocycles. The molecule has 1 aliphatic rings. The molecule has 18 heavy (non-hydrogen) atoms. The van der Waals surface area contributed by atoms with Crippen LogP contribution in [0.5, 0.6) is 0 Å². The second-order valence-corrected chi connectivity index (χ2v) is 6.51. The second-order valence-electron chi connectivity index (χ2n) is 6.51. The van der Waals surface area contributed by atoms with Crippen LogP contribution < -0.4 is 5.73 Å². The van der Waals surface area contributed by atoms with Crippen LogP contribution in [0.4, 0.5) is 5.82 Å². The van der Waals surface area contributed by atoms with Gasteiger partial charge in [0.05, 0.1) is 0 Å². The minimum atomic E-state index is 0.452. The predicted molar refractivity (Wildman–Crippen MR) is 76.1 cm³/mol. The minimum absolute atomic E-state index is 0.452. The van der Waals surface area contributed by atoms with Crippen molar-refractivity contribution in [3.05, 3.63) is 23.9 Å². The van der Waals surface area contributed by atoms with E-state index >= 15 is 0 Å². The van der Waals surface area contributed by atoms with E-state index in [1.807, 2.05) is 6.07 Å². The molecule has 2 heterocycles. The average Bonchev–Trinajstić information content (AvgIpc) is 2.28. The Labute approximate surface area is 110 Å². The molecule has 1 aliphatic heterocycles. The van der Waals surface area contributed by atoms with Crippen LogP contribution in [0.2, 0.25) is 0 Å². The molecule has 3 nitrogen and oxygen atoms in total.